The number of likely N-dealkylation sites (tertiary alicyclic amines) is 1. The van der Waals surface area contributed by atoms with Crippen molar-refractivity contribution < 1.29 is 18.8 Å². The normalized spacial score (nSPS) is 21.0. The van der Waals surface area contributed by atoms with E-state index in [1.807, 2.05) is 30.3 Å². The number of urea groups is 1. The lowest BCUT2D eigenvalue weighted by Gasteiger charge is -2.41. The number of hydrogen-bond donors (Lipinski definition) is 1. The lowest BCUT2D eigenvalue weighted by Crippen LogP contribution is -2.55. The second-order valence-electron chi connectivity index (χ2n) is 8.69. The van der Waals surface area contributed by atoms with E-state index in [4.69, 9.17) is 0 Å². The molecule has 2 atom stereocenters. The van der Waals surface area contributed by atoms with Gasteiger partial charge in [-0.05, 0) is 24.1 Å². The molecule has 0 bridgehead atoms. The highest BCUT2D eigenvalue weighted by atomic mass is 19.1. The number of carbonyl (C=O) groups is 3. The van der Waals surface area contributed by atoms with E-state index in [1.165, 1.54) is 19.1 Å². The van der Waals surface area contributed by atoms with Gasteiger partial charge in [0.25, 0.3) is 0 Å². The van der Waals surface area contributed by atoms with Crippen LogP contribution in [0.1, 0.15) is 24.8 Å². The topological polar surface area (TPSA) is 73.0 Å². The lowest BCUT2D eigenvalue weighted by molar-refractivity contribution is -0.142. The van der Waals surface area contributed by atoms with Crippen molar-refractivity contribution in [2.24, 2.45) is 5.92 Å². The Labute approximate surface area is 193 Å². The average molecular weight is 453 g/mol. The van der Waals surface area contributed by atoms with Crippen LogP contribution >= 0.6 is 0 Å². The van der Waals surface area contributed by atoms with Gasteiger partial charge in [-0.15, -0.1) is 0 Å². The quantitative estimate of drug-likeness (QED) is 0.778. The minimum atomic E-state index is -0.501. The molecule has 1 N–H and O–H groups in total. The predicted octanol–water partition coefficient (Wildman–Crippen LogP) is 3.15. The summed E-state index contributed by atoms with van der Waals surface area (Å²) in [6, 6.07) is 15.5. The van der Waals surface area contributed by atoms with E-state index in [1.54, 1.807) is 26.8 Å². The summed E-state index contributed by atoms with van der Waals surface area (Å²) in [7, 11) is 0. The van der Waals surface area contributed by atoms with E-state index in [-0.39, 0.29) is 35.9 Å². The van der Waals surface area contributed by atoms with Crippen molar-refractivity contribution in [3.63, 3.8) is 0 Å². The molecule has 174 valence electrons. The standard InChI is InChI=1S/C25H29FN4O3/c1-18(31)28-11-13-29(14-12-28)24(32)21-15-20(19-7-3-2-4-8-19)16-30(17-21)25(33)27-23-10-6-5-9-22(23)26/h2-10,20-21H,11-17H2,1H3,(H,27,33). The van der Waals surface area contributed by atoms with Crippen LogP contribution in [0, 0.1) is 11.7 Å². The Hall–Kier alpha value is -3.42. The molecule has 2 aromatic carbocycles. The summed E-state index contributed by atoms with van der Waals surface area (Å²) in [5, 5.41) is 2.65. The summed E-state index contributed by atoms with van der Waals surface area (Å²) in [6.07, 6.45) is 0.638. The Morgan fingerprint density at radius 3 is 2.15 bits per heavy atom. The molecule has 4 amide bonds. The number of hydrogen-bond acceptors (Lipinski definition) is 3. The Morgan fingerprint density at radius 2 is 1.48 bits per heavy atom. The molecule has 7 nitrogen and oxygen atoms in total. The molecular weight excluding hydrogens is 423 g/mol. The molecule has 2 heterocycles. The van der Waals surface area contributed by atoms with Crippen LogP contribution in [-0.2, 0) is 9.59 Å². The van der Waals surface area contributed by atoms with Crippen LogP contribution in [0.25, 0.3) is 0 Å². The second kappa shape index (κ2) is 10.0. The summed E-state index contributed by atoms with van der Waals surface area (Å²) in [6.45, 7) is 4.29. The summed E-state index contributed by atoms with van der Waals surface area (Å²) in [4.78, 5) is 43.2. The van der Waals surface area contributed by atoms with Gasteiger partial charge < -0.3 is 20.0 Å². The lowest BCUT2D eigenvalue weighted by atomic mass is 9.84. The maximum Gasteiger partial charge on any atom is 0.321 e. The van der Waals surface area contributed by atoms with E-state index >= 15 is 0 Å². The van der Waals surface area contributed by atoms with Gasteiger partial charge in [-0.25, -0.2) is 9.18 Å². The SMILES string of the molecule is CC(=O)N1CCN(C(=O)C2CC(c3ccccc3)CN(C(=O)Nc3ccccc3F)C2)CC1. The van der Waals surface area contributed by atoms with Crippen LogP contribution in [-0.4, -0.2) is 71.8 Å². The van der Waals surface area contributed by atoms with E-state index < -0.39 is 11.8 Å². The van der Waals surface area contributed by atoms with Crippen molar-refractivity contribution in [2.75, 3.05) is 44.6 Å². The molecule has 2 aliphatic rings. The van der Waals surface area contributed by atoms with Crippen molar-refractivity contribution in [3.05, 3.63) is 66.0 Å². The Morgan fingerprint density at radius 1 is 0.848 bits per heavy atom. The number of nitrogens with one attached hydrogen (secondary N) is 1. The van der Waals surface area contributed by atoms with Crippen molar-refractivity contribution in [3.8, 4) is 0 Å². The number of anilines is 1. The smallest absolute Gasteiger partial charge is 0.321 e. The summed E-state index contributed by atoms with van der Waals surface area (Å²) in [5.74, 6) is -0.848. The van der Waals surface area contributed by atoms with Crippen LogP contribution in [0.2, 0.25) is 0 Å². The van der Waals surface area contributed by atoms with Gasteiger partial charge in [0.05, 0.1) is 11.6 Å². The number of carbonyl (C=O) groups excluding carboxylic acids is 3. The molecule has 2 fully saturated rings. The summed E-state index contributed by atoms with van der Waals surface area (Å²) < 4.78 is 14.1. The third kappa shape index (κ3) is 5.32. The van der Waals surface area contributed by atoms with E-state index in [9.17, 15) is 18.8 Å². The predicted molar refractivity (Wildman–Crippen MR) is 123 cm³/mol. The van der Waals surface area contributed by atoms with Gasteiger partial charge in [0.15, 0.2) is 0 Å². The molecule has 0 saturated carbocycles. The van der Waals surface area contributed by atoms with Crippen molar-refractivity contribution in [2.45, 2.75) is 19.3 Å². The first kappa shape index (κ1) is 22.8. The van der Waals surface area contributed by atoms with Crippen LogP contribution in [0.4, 0.5) is 14.9 Å². The monoisotopic (exact) mass is 452 g/mol. The molecule has 2 unspecified atom stereocenters. The molecule has 33 heavy (non-hydrogen) atoms. The molecule has 0 spiro atoms. The minimum absolute atomic E-state index is 0.00113. The number of rotatable bonds is 3. The molecule has 0 aliphatic carbocycles. The first-order valence-electron chi connectivity index (χ1n) is 11.3. The summed E-state index contributed by atoms with van der Waals surface area (Å²) >= 11 is 0. The Kier molecular flexibility index (Phi) is 6.91. The molecule has 0 radical (unpaired) electrons. The van der Waals surface area contributed by atoms with Gasteiger partial charge in [-0.1, -0.05) is 42.5 Å². The zero-order chi connectivity index (χ0) is 23.4. The zero-order valence-corrected chi connectivity index (χ0v) is 18.7. The van der Waals surface area contributed by atoms with Gasteiger partial charge in [0.2, 0.25) is 11.8 Å². The average Bonchev–Trinajstić information content (AvgIpc) is 2.85. The highest BCUT2D eigenvalue weighted by Crippen LogP contribution is 2.32. The first-order valence-corrected chi connectivity index (χ1v) is 11.3. The molecule has 2 aliphatic heterocycles. The van der Waals surface area contributed by atoms with E-state index in [0.29, 0.717) is 39.1 Å². The first-order chi connectivity index (χ1) is 15.9. The highest BCUT2D eigenvalue weighted by Gasteiger charge is 2.37. The maximum absolute atomic E-state index is 14.1. The fourth-order valence-corrected chi connectivity index (χ4v) is 4.67. The number of nitrogens with zero attached hydrogens (tertiary/aromatic N) is 3. The van der Waals surface area contributed by atoms with Gasteiger partial charge in [0.1, 0.15) is 5.82 Å². The van der Waals surface area contributed by atoms with Crippen molar-refractivity contribution >= 4 is 23.5 Å². The van der Waals surface area contributed by atoms with Crippen molar-refractivity contribution in [1.82, 2.24) is 14.7 Å². The van der Waals surface area contributed by atoms with Gasteiger partial charge >= 0.3 is 6.03 Å². The van der Waals surface area contributed by atoms with Gasteiger partial charge in [-0.3, -0.25) is 9.59 Å². The number of para-hydroxylation sites is 1. The van der Waals surface area contributed by atoms with Crippen LogP contribution in [0.5, 0.6) is 0 Å². The Balaban J connectivity index is 1.50. The summed E-state index contributed by atoms with van der Waals surface area (Å²) in [5.41, 5.74) is 1.19. The largest absolute Gasteiger partial charge is 0.339 e. The molecule has 2 saturated heterocycles. The third-order valence-corrected chi connectivity index (χ3v) is 6.51. The number of amides is 4. The van der Waals surface area contributed by atoms with Gasteiger partial charge in [-0.2, -0.15) is 0 Å². The fourth-order valence-electron chi connectivity index (χ4n) is 4.67. The number of benzene rings is 2. The number of piperidine rings is 1. The van der Waals surface area contributed by atoms with Crippen LogP contribution in [0.3, 0.4) is 0 Å². The molecule has 0 aromatic heterocycles. The maximum atomic E-state index is 14.1. The number of piperazine rings is 1. The van der Waals surface area contributed by atoms with E-state index in [2.05, 4.69) is 5.32 Å². The Bertz CT molecular complexity index is 1010. The van der Waals surface area contributed by atoms with Gasteiger partial charge in [0, 0.05) is 52.1 Å². The fraction of sp³-hybridized carbons (Fsp3) is 0.400. The van der Waals surface area contributed by atoms with Crippen LogP contribution < -0.4 is 5.32 Å². The number of halogens is 1. The second-order valence-corrected chi connectivity index (χ2v) is 8.69. The third-order valence-electron chi connectivity index (χ3n) is 6.51. The van der Waals surface area contributed by atoms with Crippen molar-refractivity contribution in [1.29, 1.82) is 0 Å². The zero-order valence-electron chi connectivity index (χ0n) is 18.7. The minimum Gasteiger partial charge on any atom is -0.339 e. The molecule has 4 rings (SSSR count). The van der Waals surface area contributed by atoms with Crippen LogP contribution in [0.15, 0.2) is 54.6 Å². The highest BCUT2D eigenvalue weighted by molar-refractivity contribution is 5.90. The molecule has 2 aromatic rings. The molecular formula is C25H29FN4O3. The van der Waals surface area contributed by atoms with E-state index in [0.717, 1.165) is 5.56 Å². The molecule has 8 heteroatoms.